The van der Waals surface area contributed by atoms with Crippen LogP contribution in [0.2, 0.25) is 0 Å². The molecule has 1 N–H and O–H groups in total. The number of hydrogen-bond donors (Lipinski definition) is 1. The fourth-order valence-corrected chi connectivity index (χ4v) is 3.07. The van der Waals surface area contributed by atoms with Gasteiger partial charge in [0.15, 0.2) is 0 Å². The lowest BCUT2D eigenvalue weighted by atomic mass is 9.96. The zero-order valence-corrected chi connectivity index (χ0v) is 12.9. The van der Waals surface area contributed by atoms with Crippen LogP contribution < -0.4 is 0 Å². The molecular weight excluding hydrogens is 270 g/mol. The Morgan fingerprint density at radius 1 is 0.909 bits per heavy atom. The van der Waals surface area contributed by atoms with Crippen LogP contribution in [0.1, 0.15) is 24.0 Å². The Hall–Kier alpha value is -1.90. The quantitative estimate of drug-likeness (QED) is 0.911. The van der Waals surface area contributed by atoms with Crippen molar-refractivity contribution in [1.82, 2.24) is 4.90 Å². The Morgan fingerprint density at radius 3 is 1.91 bits per heavy atom. The van der Waals surface area contributed by atoms with E-state index >= 15 is 0 Å². The minimum absolute atomic E-state index is 0.437. The van der Waals surface area contributed by atoms with E-state index in [4.69, 9.17) is 0 Å². The highest BCUT2D eigenvalue weighted by Gasteiger charge is 2.15. The fraction of sp³-hybridized carbons (Fsp3) is 0.300. The standard InChI is InChI=1S/C20H23NO/c22-19(16-21-13-7-8-14-21)15-20(17-9-3-1-4-10-17)18-11-5-2-6-12-18/h1-6,9-12,15,19,22H,7-8,13-14,16H2. The van der Waals surface area contributed by atoms with E-state index in [9.17, 15) is 5.11 Å². The van der Waals surface area contributed by atoms with Crippen LogP contribution in [0.3, 0.4) is 0 Å². The van der Waals surface area contributed by atoms with Crippen molar-refractivity contribution >= 4 is 5.57 Å². The number of aliphatic hydroxyl groups is 1. The van der Waals surface area contributed by atoms with Gasteiger partial charge in [-0.15, -0.1) is 0 Å². The van der Waals surface area contributed by atoms with Crippen molar-refractivity contribution in [3.05, 3.63) is 77.9 Å². The molecule has 1 unspecified atom stereocenters. The third-order valence-corrected chi connectivity index (χ3v) is 4.17. The summed E-state index contributed by atoms with van der Waals surface area (Å²) in [4.78, 5) is 2.34. The van der Waals surface area contributed by atoms with E-state index in [1.807, 2.05) is 42.5 Å². The molecule has 22 heavy (non-hydrogen) atoms. The van der Waals surface area contributed by atoms with Gasteiger partial charge in [-0.1, -0.05) is 60.7 Å². The smallest absolute Gasteiger partial charge is 0.0857 e. The summed E-state index contributed by atoms with van der Waals surface area (Å²) in [7, 11) is 0. The van der Waals surface area contributed by atoms with E-state index in [1.54, 1.807) is 0 Å². The van der Waals surface area contributed by atoms with Crippen molar-refractivity contribution in [2.45, 2.75) is 18.9 Å². The third kappa shape index (κ3) is 3.85. The summed E-state index contributed by atoms with van der Waals surface area (Å²) < 4.78 is 0. The number of β-amino-alcohol motifs (C(OH)–C–C–N with tert-alkyl or cyclic N) is 1. The topological polar surface area (TPSA) is 23.5 Å². The van der Waals surface area contributed by atoms with Crippen LogP contribution in [0.25, 0.3) is 5.57 Å². The Kier molecular flexibility index (Phi) is 5.04. The molecule has 1 fully saturated rings. The fourth-order valence-electron chi connectivity index (χ4n) is 3.07. The molecule has 114 valence electrons. The van der Waals surface area contributed by atoms with Crippen LogP contribution in [0.15, 0.2) is 66.7 Å². The lowest BCUT2D eigenvalue weighted by Crippen LogP contribution is -2.28. The SMILES string of the molecule is OC(C=C(c1ccccc1)c1ccccc1)CN1CCCC1. The molecule has 0 bridgehead atoms. The van der Waals surface area contributed by atoms with E-state index in [1.165, 1.54) is 12.8 Å². The highest BCUT2D eigenvalue weighted by atomic mass is 16.3. The van der Waals surface area contributed by atoms with Crippen molar-refractivity contribution in [1.29, 1.82) is 0 Å². The number of aliphatic hydroxyl groups excluding tert-OH is 1. The number of benzene rings is 2. The summed E-state index contributed by atoms with van der Waals surface area (Å²) in [6.45, 7) is 2.94. The average molecular weight is 293 g/mol. The minimum atomic E-state index is -0.437. The molecule has 2 aromatic carbocycles. The normalized spacial score (nSPS) is 16.4. The van der Waals surface area contributed by atoms with Gasteiger partial charge in [0.1, 0.15) is 0 Å². The molecule has 0 aliphatic carbocycles. The molecule has 2 aromatic rings. The second-order valence-electron chi connectivity index (χ2n) is 5.89. The zero-order chi connectivity index (χ0) is 15.2. The van der Waals surface area contributed by atoms with Gasteiger partial charge in [0.2, 0.25) is 0 Å². The first kappa shape index (κ1) is 15.0. The Morgan fingerprint density at radius 2 is 1.41 bits per heavy atom. The second-order valence-corrected chi connectivity index (χ2v) is 5.89. The van der Waals surface area contributed by atoms with E-state index in [0.29, 0.717) is 0 Å². The maximum absolute atomic E-state index is 10.5. The lowest BCUT2D eigenvalue weighted by molar-refractivity contribution is 0.164. The van der Waals surface area contributed by atoms with Crippen molar-refractivity contribution in [3.8, 4) is 0 Å². The van der Waals surface area contributed by atoms with Crippen LogP contribution in [0.5, 0.6) is 0 Å². The zero-order valence-electron chi connectivity index (χ0n) is 12.9. The molecule has 1 aliphatic rings. The van der Waals surface area contributed by atoms with E-state index in [2.05, 4.69) is 29.2 Å². The first-order valence-electron chi connectivity index (χ1n) is 8.06. The van der Waals surface area contributed by atoms with Gasteiger partial charge in [-0.25, -0.2) is 0 Å². The molecule has 2 heteroatoms. The maximum atomic E-state index is 10.5. The van der Waals surface area contributed by atoms with E-state index in [-0.39, 0.29) is 0 Å². The summed E-state index contributed by atoms with van der Waals surface area (Å²) >= 11 is 0. The van der Waals surface area contributed by atoms with Gasteiger partial charge in [-0.2, -0.15) is 0 Å². The summed E-state index contributed by atoms with van der Waals surface area (Å²) in [5, 5.41) is 10.5. The van der Waals surface area contributed by atoms with Gasteiger partial charge in [-0.3, -0.25) is 0 Å². The minimum Gasteiger partial charge on any atom is -0.388 e. The van der Waals surface area contributed by atoms with Crippen LogP contribution in [-0.4, -0.2) is 35.7 Å². The first-order valence-corrected chi connectivity index (χ1v) is 8.06. The van der Waals surface area contributed by atoms with Gasteiger partial charge < -0.3 is 10.0 Å². The lowest BCUT2D eigenvalue weighted by Gasteiger charge is -2.18. The largest absolute Gasteiger partial charge is 0.388 e. The van der Waals surface area contributed by atoms with E-state index in [0.717, 1.165) is 36.3 Å². The van der Waals surface area contributed by atoms with Crippen LogP contribution in [-0.2, 0) is 0 Å². The highest BCUT2D eigenvalue weighted by molar-refractivity contribution is 5.80. The molecule has 0 spiro atoms. The van der Waals surface area contributed by atoms with Crippen molar-refractivity contribution in [2.24, 2.45) is 0 Å². The van der Waals surface area contributed by atoms with E-state index < -0.39 is 6.10 Å². The maximum Gasteiger partial charge on any atom is 0.0857 e. The molecule has 1 saturated heterocycles. The molecule has 2 nitrogen and oxygen atoms in total. The van der Waals surface area contributed by atoms with Crippen molar-refractivity contribution in [3.63, 3.8) is 0 Å². The molecule has 3 rings (SSSR count). The molecular formula is C20H23NO. The molecule has 0 saturated carbocycles. The highest BCUT2D eigenvalue weighted by Crippen LogP contribution is 2.24. The Labute approximate surface area is 132 Å². The number of nitrogens with zero attached hydrogens (tertiary/aromatic N) is 1. The third-order valence-electron chi connectivity index (χ3n) is 4.17. The summed E-state index contributed by atoms with van der Waals surface area (Å²) in [6, 6.07) is 20.6. The van der Waals surface area contributed by atoms with Crippen LogP contribution in [0, 0.1) is 0 Å². The molecule has 1 atom stereocenters. The predicted molar refractivity (Wildman–Crippen MR) is 91.6 cm³/mol. The van der Waals surface area contributed by atoms with Gasteiger partial charge in [0.05, 0.1) is 6.10 Å². The van der Waals surface area contributed by atoms with Crippen molar-refractivity contribution < 1.29 is 5.11 Å². The van der Waals surface area contributed by atoms with Gasteiger partial charge in [0, 0.05) is 6.54 Å². The van der Waals surface area contributed by atoms with Gasteiger partial charge >= 0.3 is 0 Å². The van der Waals surface area contributed by atoms with Gasteiger partial charge in [0.25, 0.3) is 0 Å². The Bertz CT molecular complexity index is 559. The number of likely N-dealkylation sites (tertiary alicyclic amines) is 1. The van der Waals surface area contributed by atoms with Gasteiger partial charge in [-0.05, 0) is 48.7 Å². The summed E-state index contributed by atoms with van der Waals surface area (Å²) in [5.41, 5.74) is 3.40. The number of rotatable bonds is 5. The molecule has 1 heterocycles. The summed E-state index contributed by atoms with van der Waals surface area (Å²) in [5.74, 6) is 0. The summed E-state index contributed by atoms with van der Waals surface area (Å²) in [6.07, 6.45) is 4.07. The molecule has 1 aliphatic heterocycles. The number of hydrogen-bond acceptors (Lipinski definition) is 2. The van der Waals surface area contributed by atoms with Crippen LogP contribution >= 0.6 is 0 Å². The second kappa shape index (κ2) is 7.39. The Balaban J connectivity index is 1.86. The molecule has 0 radical (unpaired) electrons. The predicted octanol–water partition coefficient (Wildman–Crippen LogP) is 3.58. The first-order chi connectivity index (χ1) is 10.8. The average Bonchev–Trinajstić information content (AvgIpc) is 3.07. The van der Waals surface area contributed by atoms with Crippen LogP contribution in [0.4, 0.5) is 0 Å². The monoisotopic (exact) mass is 293 g/mol. The van der Waals surface area contributed by atoms with Crippen molar-refractivity contribution in [2.75, 3.05) is 19.6 Å². The molecule has 0 aromatic heterocycles. The molecule has 0 amide bonds.